The number of phenols is 1. The zero-order valence-electron chi connectivity index (χ0n) is 11.9. The minimum absolute atomic E-state index is 0.0146. The van der Waals surface area contributed by atoms with Gasteiger partial charge in [0.1, 0.15) is 11.3 Å². The second-order valence-electron chi connectivity index (χ2n) is 4.37. The molecule has 2 N–H and O–H groups in total. The number of rotatable bonds is 3. The summed E-state index contributed by atoms with van der Waals surface area (Å²) in [7, 11) is 2.68. The van der Waals surface area contributed by atoms with Gasteiger partial charge in [0, 0.05) is 0 Å². The first kappa shape index (κ1) is 14.6. The molecule has 1 aromatic carbocycles. The van der Waals surface area contributed by atoms with Crippen molar-refractivity contribution in [3.8, 4) is 11.5 Å². The monoisotopic (exact) mass is 289 g/mol. The fourth-order valence-corrected chi connectivity index (χ4v) is 1.98. The van der Waals surface area contributed by atoms with E-state index in [1.807, 2.05) is 0 Å². The highest BCUT2D eigenvalue weighted by molar-refractivity contribution is 6.21. The van der Waals surface area contributed by atoms with E-state index in [2.05, 4.69) is 9.73 Å². The first-order valence-corrected chi connectivity index (χ1v) is 6.14. The van der Waals surface area contributed by atoms with Crippen LogP contribution in [0.15, 0.2) is 40.2 Å². The number of aliphatic hydroxyl groups excluding tert-OH is 1. The summed E-state index contributed by atoms with van der Waals surface area (Å²) < 4.78 is 9.62. The molecule has 0 aromatic heterocycles. The standard InChI is InChI=1S/C15H15NO5/c1-8-13(15(19)21-3)14(18)10(16-8)6-9-4-5-11(17)12(7-9)20-2/h4-7,17-18H,1-3H3/b10-6+. The van der Waals surface area contributed by atoms with Gasteiger partial charge in [-0.3, -0.25) is 0 Å². The molecule has 0 unspecified atom stereocenters. The summed E-state index contributed by atoms with van der Waals surface area (Å²) in [5, 5.41) is 19.6. The number of aliphatic imine (C=N–C) groups is 1. The van der Waals surface area contributed by atoms with E-state index in [4.69, 9.17) is 4.74 Å². The first-order chi connectivity index (χ1) is 9.97. The Morgan fingerprint density at radius 1 is 1.29 bits per heavy atom. The highest BCUT2D eigenvalue weighted by atomic mass is 16.5. The number of esters is 1. The summed E-state index contributed by atoms with van der Waals surface area (Å²) >= 11 is 0. The van der Waals surface area contributed by atoms with Crippen molar-refractivity contribution in [3.63, 3.8) is 0 Å². The molecule has 6 heteroatoms. The smallest absolute Gasteiger partial charge is 0.343 e. The first-order valence-electron chi connectivity index (χ1n) is 6.14. The Balaban J connectivity index is 2.44. The van der Waals surface area contributed by atoms with Crippen molar-refractivity contribution in [2.75, 3.05) is 14.2 Å². The summed E-state index contributed by atoms with van der Waals surface area (Å²) in [6.45, 7) is 1.61. The summed E-state index contributed by atoms with van der Waals surface area (Å²) in [6.07, 6.45) is 1.58. The maximum Gasteiger partial charge on any atom is 0.343 e. The van der Waals surface area contributed by atoms with E-state index in [0.717, 1.165) is 0 Å². The number of methoxy groups -OCH3 is 2. The number of phenolic OH excluding ortho intramolecular Hbond substituents is 1. The van der Waals surface area contributed by atoms with Crippen LogP contribution in [0.4, 0.5) is 0 Å². The van der Waals surface area contributed by atoms with E-state index < -0.39 is 5.97 Å². The summed E-state index contributed by atoms with van der Waals surface area (Å²) in [6, 6.07) is 4.70. The largest absolute Gasteiger partial charge is 0.505 e. The van der Waals surface area contributed by atoms with Crippen LogP contribution in [0.1, 0.15) is 12.5 Å². The van der Waals surface area contributed by atoms with Gasteiger partial charge in [-0.1, -0.05) is 6.07 Å². The van der Waals surface area contributed by atoms with Gasteiger partial charge in [0.2, 0.25) is 0 Å². The Morgan fingerprint density at radius 3 is 2.62 bits per heavy atom. The molecule has 1 heterocycles. The lowest BCUT2D eigenvalue weighted by Gasteiger charge is -2.04. The molecule has 21 heavy (non-hydrogen) atoms. The Bertz CT molecular complexity index is 685. The highest BCUT2D eigenvalue weighted by Gasteiger charge is 2.27. The number of nitrogens with zero attached hydrogens (tertiary/aromatic N) is 1. The molecule has 6 nitrogen and oxygen atoms in total. The number of aliphatic hydroxyl groups is 1. The van der Waals surface area contributed by atoms with Crippen molar-refractivity contribution in [2.45, 2.75) is 6.92 Å². The predicted molar refractivity (Wildman–Crippen MR) is 77.4 cm³/mol. The number of aromatic hydroxyl groups is 1. The van der Waals surface area contributed by atoms with Gasteiger partial charge in [-0.15, -0.1) is 0 Å². The summed E-state index contributed by atoms with van der Waals surface area (Å²) in [4.78, 5) is 15.7. The van der Waals surface area contributed by atoms with Gasteiger partial charge in [-0.2, -0.15) is 0 Å². The Labute approximate surface area is 121 Å². The maximum atomic E-state index is 11.6. The molecule has 0 amide bonds. The van der Waals surface area contributed by atoms with Gasteiger partial charge >= 0.3 is 5.97 Å². The highest BCUT2D eigenvalue weighted by Crippen LogP contribution is 2.30. The number of hydrogen-bond donors (Lipinski definition) is 2. The van der Waals surface area contributed by atoms with Crippen molar-refractivity contribution >= 4 is 17.8 Å². The minimum atomic E-state index is -0.638. The average Bonchev–Trinajstić information content (AvgIpc) is 2.74. The molecule has 0 saturated heterocycles. The maximum absolute atomic E-state index is 11.6. The molecule has 1 aliphatic rings. The molecule has 0 spiro atoms. The average molecular weight is 289 g/mol. The molecule has 0 aliphatic carbocycles. The molecule has 0 saturated carbocycles. The predicted octanol–water partition coefficient (Wildman–Crippen LogP) is 2.20. The molecule has 0 bridgehead atoms. The molecule has 2 rings (SSSR count). The quantitative estimate of drug-likeness (QED) is 0.833. The topological polar surface area (TPSA) is 88.4 Å². The zero-order valence-corrected chi connectivity index (χ0v) is 11.9. The van der Waals surface area contributed by atoms with Crippen LogP contribution in [0, 0.1) is 0 Å². The summed E-state index contributed by atoms with van der Waals surface area (Å²) in [5.41, 5.74) is 1.35. The van der Waals surface area contributed by atoms with Crippen LogP contribution in [0.3, 0.4) is 0 Å². The van der Waals surface area contributed by atoms with Crippen LogP contribution in [0.25, 0.3) is 6.08 Å². The van der Waals surface area contributed by atoms with Crippen molar-refractivity contribution in [2.24, 2.45) is 4.99 Å². The van der Waals surface area contributed by atoms with E-state index in [1.165, 1.54) is 20.3 Å². The van der Waals surface area contributed by atoms with E-state index in [9.17, 15) is 15.0 Å². The van der Waals surface area contributed by atoms with Gasteiger partial charge in [-0.25, -0.2) is 9.79 Å². The molecule has 0 radical (unpaired) electrons. The third-order valence-electron chi connectivity index (χ3n) is 3.03. The van der Waals surface area contributed by atoms with E-state index in [-0.39, 0.29) is 22.8 Å². The molecule has 110 valence electrons. The summed E-state index contributed by atoms with van der Waals surface area (Å²) in [5.74, 6) is -0.549. The van der Waals surface area contributed by atoms with Gasteiger partial charge in [0.05, 0.1) is 19.9 Å². The normalized spacial score (nSPS) is 16.1. The number of hydrogen-bond acceptors (Lipinski definition) is 6. The molecule has 1 aromatic rings. The van der Waals surface area contributed by atoms with Crippen molar-refractivity contribution in [3.05, 3.63) is 40.8 Å². The fourth-order valence-electron chi connectivity index (χ4n) is 1.98. The third-order valence-corrected chi connectivity index (χ3v) is 3.03. The molecular formula is C15H15NO5. The van der Waals surface area contributed by atoms with Crippen LogP contribution in [-0.4, -0.2) is 36.1 Å². The van der Waals surface area contributed by atoms with Crippen molar-refractivity contribution < 1.29 is 24.5 Å². The molecular weight excluding hydrogens is 274 g/mol. The van der Waals surface area contributed by atoms with E-state index >= 15 is 0 Å². The van der Waals surface area contributed by atoms with Gasteiger partial charge < -0.3 is 19.7 Å². The van der Waals surface area contributed by atoms with E-state index in [0.29, 0.717) is 17.0 Å². The fraction of sp³-hybridized carbons (Fsp3) is 0.200. The number of ether oxygens (including phenoxy) is 2. The Hall–Kier alpha value is -2.76. The second kappa shape index (κ2) is 5.70. The van der Waals surface area contributed by atoms with Gasteiger partial charge in [0.15, 0.2) is 17.3 Å². The van der Waals surface area contributed by atoms with Gasteiger partial charge in [0.25, 0.3) is 0 Å². The zero-order chi connectivity index (χ0) is 15.6. The van der Waals surface area contributed by atoms with Crippen LogP contribution < -0.4 is 4.74 Å². The van der Waals surface area contributed by atoms with E-state index in [1.54, 1.807) is 25.1 Å². The van der Waals surface area contributed by atoms with Crippen LogP contribution in [-0.2, 0) is 9.53 Å². The van der Waals surface area contributed by atoms with Crippen LogP contribution in [0.2, 0.25) is 0 Å². The lowest BCUT2D eigenvalue weighted by Crippen LogP contribution is -2.11. The molecule has 0 atom stereocenters. The second-order valence-corrected chi connectivity index (χ2v) is 4.37. The van der Waals surface area contributed by atoms with Crippen molar-refractivity contribution in [1.29, 1.82) is 0 Å². The SMILES string of the molecule is COC(=O)C1=C(O)/C(=C\c2ccc(O)c(OC)c2)N=C1C. The lowest BCUT2D eigenvalue weighted by molar-refractivity contribution is -0.135. The van der Waals surface area contributed by atoms with Crippen LogP contribution >= 0.6 is 0 Å². The number of benzene rings is 1. The lowest BCUT2D eigenvalue weighted by atomic mass is 10.1. The Morgan fingerprint density at radius 2 is 2.00 bits per heavy atom. The molecule has 0 fully saturated rings. The Kier molecular flexibility index (Phi) is 3.98. The molecule has 1 aliphatic heterocycles. The van der Waals surface area contributed by atoms with Crippen LogP contribution in [0.5, 0.6) is 11.5 Å². The minimum Gasteiger partial charge on any atom is -0.505 e. The third kappa shape index (κ3) is 2.74. The van der Waals surface area contributed by atoms with Crippen molar-refractivity contribution in [1.82, 2.24) is 0 Å². The van der Waals surface area contributed by atoms with Gasteiger partial charge in [-0.05, 0) is 30.7 Å². The number of carbonyl (C=O) groups is 1. The number of carbonyl (C=O) groups excluding carboxylic acids is 1.